The van der Waals surface area contributed by atoms with E-state index in [0.29, 0.717) is 19.8 Å². The normalized spacial score (nSPS) is 13.3. The van der Waals surface area contributed by atoms with Gasteiger partial charge in [0.05, 0.1) is 17.7 Å². The molecule has 0 aliphatic carbocycles. The van der Waals surface area contributed by atoms with Gasteiger partial charge in [0.25, 0.3) is 0 Å². The molecule has 6 heteroatoms. The molecule has 0 N–H and O–H groups in total. The minimum Gasteiger partial charge on any atom is -0.488 e. The van der Waals surface area contributed by atoms with Gasteiger partial charge < -0.3 is 13.6 Å². The SMILES string of the molecule is CC(C)(C)[Si](C)(C)OCc1ccc(COc2ccccc2Br)cc1CO[Si](C)(C)C(C)(C)C. The summed E-state index contributed by atoms with van der Waals surface area (Å²) in [7, 11) is -3.71. The summed E-state index contributed by atoms with van der Waals surface area (Å²) in [5, 5.41) is 0.354. The van der Waals surface area contributed by atoms with E-state index in [1.165, 1.54) is 11.1 Å². The fourth-order valence-electron chi connectivity index (χ4n) is 2.72. The Hall–Kier alpha value is -0.926. The van der Waals surface area contributed by atoms with Gasteiger partial charge in [-0.3, -0.25) is 0 Å². The number of ether oxygens (including phenoxy) is 1. The Morgan fingerprint density at radius 1 is 0.697 bits per heavy atom. The Balaban J connectivity index is 2.25. The van der Waals surface area contributed by atoms with Crippen LogP contribution < -0.4 is 4.74 Å². The van der Waals surface area contributed by atoms with E-state index in [2.05, 4.69) is 102 Å². The molecule has 2 aromatic rings. The van der Waals surface area contributed by atoms with Crippen molar-refractivity contribution in [3.8, 4) is 5.75 Å². The lowest BCUT2D eigenvalue weighted by Crippen LogP contribution is -2.41. The third kappa shape index (κ3) is 7.79. The van der Waals surface area contributed by atoms with Crippen LogP contribution in [0.4, 0.5) is 0 Å². The first-order valence-electron chi connectivity index (χ1n) is 11.8. The monoisotopic (exact) mass is 550 g/mol. The van der Waals surface area contributed by atoms with Gasteiger partial charge in [0, 0.05) is 0 Å². The van der Waals surface area contributed by atoms with Crippen LogP contribution in [0.2, 0.25) is 36.3 Å². The van der Waals surface area contributed by atoms with Gasteiger partial charge in [-0.25, -0.2) is 0 Å². The molecule has 0 aliphatic rings. The summed E-state index contributed by atoms with van der Waals surface area (Å²) in [6.07, 6.45) is 0. The van der Waals surface area contributed by atoms with Crippen LogP contribution in [0.1, 0.15) is 58.2 Å². The molecule has 0 unspecified atom stereocenters. The molecule has 3 nitrogen and oxygen atoms in total. The molecule has 0 amide bonds. The van der Waals surface area contributed by atoms with Crippen LogP contribution in [0.5, 0.6) is 5.75 Å². The summed E-state index contributed by atoms with van der Waals surface area (Å²) in [4.78, 5) is 0. The average Bonchev–Trinajstić information content (AvgIpc) is 2.69. The molecule has 33 heavy (non-hydrogen) atoms. The zero-order valence-corrected chi connectivity index (χ0v) is 25.9. The van der Waals surface area contributed by atoms with E-state index in [1.807, 2.05) is 24.3 Å². The van der Waals surface area contributed by atoms with Gasteiger partial charge in [-0.2, -0.15) is 0 Å². The quantitative estimate of drug-likeness (QED) is 0.291. The molecular formula is C27H43BrO3Si2. The van der Waals surface area contributed by atoms with E-state index in [-0.39, 0.29) is 10.1 Å². The zero-order valence-electron chi connectivity index (χ0n) is 22.3. The van der Waals surface area contributed by atoms with Crippen LogP contribution in [0.3, 0.4) is 0 Å². The van der Waals surface area contributed by atoms with Gasteiger partial charge in [0.2, 0.25) is 0 Å². The first-order chi connectivity index (χ1) is 15.0. The maximum atomic E-state index is 6.60. The van der Waals surface area contributed by atoms with Crippen molar-refractivity contribution in [3.05, 3.63) is 63.6 Å². The lowest BCUT2D eigenvalue weighted by molar-refractivity contribution is 0.256. The van der Waals surface area contributed by atoms with Crippen molar-refractivity contribution >= 4 is 32.6 Å². The Kier molecular flexibility index (Phi) is 9.24. The lowest BCUT2D eigenvalue weighted by atomic mass is 10.1. The fraction of sp³-hybridized carbons (Fsp3) is 0.556. The van der Waals surface area contributed by atoms with Crippen LogP contribution in [0, 0.1) is 0 Å². The molecule has 0 radical (unpaired) electrons. The highest BCUT2D eigenvalue weighted by Crippen LogP contribution is 2.39. The second-order valence-electron chi connectivity index (χ2n) is 11.9. The number of hydrogen-bond acceptors (Lipinski definition) is 3. The summed E-state index contributed by atoms with van der Waals surface area (Å²) < 4.78 is 20.2. The minimum atomic E-state index is -1.87. The number of hydrogen-bond donors (Lipinski definition) is 0. The summed E-state index contributed by atoms with van der Waals surface area (Å²) in [6, 6.07) is 14.5. The predicted octanol–water partition coefficient (Wildman–Crippen LogP) is 9.07. The van der Waals surface area contributed by atoms with E-state index >= 15 is 0 Å². The largest absolute Gasteiger partial charge is 0.488 e. The van der Waals surface area contributed by atoms with Crippen molar-refractivity contribution in [3.63, 3.8) is 0 Å². The van der Waals surface area contributed by atoms with Crippen molar-refractivity contribution in [1.29, 1.82) is 0 Å². The molecule has 0 aromatic heterocycles. The minimum absolute atomic E-state index is 0.172. The third-order valence-corrected chi connectivity index (χ3v) is 16.9. The lowest BCUT2D eigenvalue weighted by Gasteiger charge is -2.37. The Bertz CT molecular complexity index is 928. The number of halogens is 1. The van der Waals surface area contributed by atoms with Crippen LogP contribution in [0.25, 0.3) is 0 Å². The smallest absolute Gasteiger partial charge is 0.192 e. The van der Waals surface area contributed by atoms with Gasteiger partial charge in [0.1, 0.15) is 12.4 Å². The van der Waals surface area contributed by atoms with E-state index in [1.54, 1.807) is 0 Å². The van der Waals surface area contributed by atoms with Gasteiger partial charge in [-0.05, 0) is 87.1 Å². The molecular weight excluding hydrogens is 508 g/mol. The first kappa shape index (κ1) is 28.3. The molecule has 184 valence electrons. The van der Waals surface area contributed by atoms with Crippen molar-refractivity contribution in [2.24, 2.45) is 0 Å². The van der Waals surface area contributed by atoms with Gasteiger partial charge in [-0.15, -0.1) is 0 Å². The molecule has 0 atom stereocenters. The van der Waals surface area contributed by atoms with Gasteiger partial charge in [0.15, 0.2) is 16.6 Å². The summed E-state index contributed by atoms with van der Waals surface area (Å²) in [5.41, 5.74) is 3.55. The van der Waals surface area contributed by atoms with Crippen LogP contribution in [-0.2, 0) is 28.7 Å². The molecule has 0 spiro atoms. The van der Waals surface area contributed by atoms with Crippen molar-refractivity contribution in [2.45, 2.75) is 97.6 Å². The number of rotatable bonds is 9. The Morgan fingerprint density at radius 3 is 1.73 bits per heavy atom. The summed E-state index contributed by atoms with van der Waals surface area (Å²) >= 11 is 3.56. The van der Waals surface area contributed by atoms with Crippen molar-refractivity contribution in [1.82, 2.24) is 0 Å². The highest BCUT2D eigenvalue weighted by atomic mass is 79.9. The van der Waals surface area contributed by atoms with Gasteiger partial charge >= 0.3 is 0 Å². The first-order valence-corrected chi connectivity index (χ1v) is 18.4. The van der Waals surface area contributed by atoms with E-state index in [0.717, 1.165) is 15.8 Å². The third-order valence-electron chi connectivity index (χ3n) is 7.29. The van der Waals surface area contributed by atoms with Crippen molar-refractivity contribution < 1.29 is 13.6 Å². The molecule has 0 bridgehead atoms. The predicted molar refractivity (Wildman–Crippen MR) is 149 cm³/mol. The fourth-order valence-corrected chi connectivity index (χ4v) is 5.01. The molecule has 2 rings (SSSR count). The highest BCUT2D eigenvalue weighted by Gasteiger charge is 2.38. The Labute approximate surface area is 212 Å². The van der Waals surface area contributed by atoms with Gasteiger partial charge in [-0.1, -0.05) is 65.8 Å². The second-order valence-corrected chi connectivity index (χ2v) is 22.4. The molecule has 0 saturated heterocycles. The molecule has 0 saturated carbocycles. The molecule has 0 heterocycles. The molecule has 0 aliphatic heterocycles. The maximum Gasteiger partial charge on any atom is 0.192 e. The molecule has 2 aromatic carbocycles. The molecule has 0 fully saturated rings. The Morgan fingerprint density at radius 2 is 1.21 bits per heavy atom. The van der Waals surface area contributed by atoms with Crippen LogP contribution >= 0.6 is 15.9 Å². The number of para-hydroxylation sites is 1. The number of benzene rings is 2. The summed E-state index contributed by atoms with van der Waals surface area (Å²) in [6.45, 7) is 24.6. The average molecular weight is 552 g/mol. The topological polar surface area (TPSA) is 27.7 Å². The maximum absolute atomic E-state index is 6.60. The second kappa shape index (κ2) is 10.8. The standard InChI is InChI=1S/C27H43BrO3Si2/c1-26(2,3)32(7,8)30-19-22-16-15-21(18-29-25-14-12-11-13-24(25)28)17-23(22)20-31-33(9,10)27(4,5)6/h11-17H,18-20H2,1-10H3. The van der Waals surface area contributed by atoms with Crippen molar-refractivity contribution in [2.75, 3.05) is 0 Å². The zero-order chi connectivity index (χ0) is 25.1. The van der Waals surface area contributed by atoms with E-state index < -0.39 is 16.6 Å². The van der Waals surface area contributed by atoms with E-state index in [4.69, 9.17) is 13.6 Å². The van der Waals surface area contributed by atoms with E-state index in [9.17, 15) is 0 Å². The highest BCUT2D eigenvalue weighted by molar-refractivity contribution is 9.10. The summed E-state index contributed by atoms with van der Waals surface area (Å²) in [5.74, 6) is 0.849. The van der Waals surface area contributed by atoms with Crippen LogP contribution in [0.15, 0.2) is 46.9 Å². The van der Waals surface area contributed by atoms with Crippen LogP contribution in [-0.4, -0.2) is 16.6 Å².